The highest BCUT2D eigenvalue weighted by atomic mass is 16.6. The summed E-state index contributed by atoms with van der Waals surface area (Å²) in [4.78, 5) is 53.7. The van der Waals surface area contributed by atoms with Gasteiger partial charge in [0.1, 0.15) is 24.2 Å². The van der Waals surface area contributed by atoms with Gasteiger partial charge in [0.25, 0.3) is 0 Å². The second kappa shape index (κ2) is 12.2. The van der Waals surface area contributed by atoms with Gasteiger partial charge in [-0.15, -0.1) is 0 Å². The maximum Gasteiger partial charge on any atom is 0.408 e. The van der Waals surface area contributed by atoms with Gasteiger partial charge in [0, 0.05) is 6.04 Å². The van der Waals surface area contributed by atoms with Crippen LogP contribution < -0.4 is 10.6 Å². The molecule has 2 rings (SSSR count). The molecule has 1 aliphatic carbocycles. The Kier molecular flexibility index (Phi) is 9.90. The summed E-state index contributed by atoms with van der Waals surface area (Å²) in [6.45, 7) is 12.5. The monoisotopic (exact) mass is 503 g/mol. The fourth-order valence-electron chi connectivity index (χ4n) is 4.11. The summed E-state index contributed by atoms with van der Waals surface area (Å²) in [5.74, 6) is -1.69. The van der Waals surface area contributed by atoms with Gasteiger partial charge in [-0.1, -0.05) is 32.0 Å². The number of nitrogens with one attached hydrogen (secondary N) is 2. The minimum atomic E-state index is -0.978. The smallest absolute Gasteiger partial charge is 0.408 e. The van der Waals surface area contributed by atoms with E-state index >= 15 is 0 Å². The number of esters is 1. The van der Waals surface area contributed by atoms with Crippen LogP contribution in [0.2, 0.25) is 0 Å². The van der Waals surface area contributed by atoms with Crippen molar-refractivity contribution in [2.45, 2.75) is 91.5 Å². The third-order valence-corrected chi connectivity index (χ3v) is 6.43. The van der Waals surface area contributed by atoms with Crippen LogP contribution in [0.4, 0.5) is 4.79 Å². The van der Waals surface area contributed by atoms with E-state index in [4.69, 9.17) is 4.74 Å². The van der Waals surface area contributed by atoms with Crippen molar-refractivity contribution >= 4 is 23.9 Å². The molecule has 1 saturated carbocycles. The number of nitrogens with zero attached hydrogens (tertiary/aromatic N) is 1. The number of ether oxygens (including phenoxy) is 2. The molecular formula is C27H41N3O6. The molecule has 36 heavy (non-hydrogen) atoms. The third-order valence-electron chi connectivity index (χ3n) is 6.43. The minimum absolute atomic E-state index is 0.173. The number of hydrogen-bond donors (Lipinski definition) is 2. The van der Waals surface area contributed by atoms with Gasteiger partial charge in [-0.3, -0.25) is 14.4 Å². The molecule has 2 atom stereocenters. The van der Waals surface area contributed by atoms with Gasteiger partial charge < -0.3 is 25.0 Å². The van der Waals surface area contributed by atoms with Crippen LogP contribution >= 0.6 is 0 Å². The first kappa shape index (κ1) is 29.1. The molecule has 3 amide bonds. The molecule has 0 saturated heterocycles. The lowest BCUT2D eigenvalue weighted by atomic mass is 9.86. The van der Waals surface area contributed by atoms with Crippen LogP contribution in [0.25, 0.3) is 0 Å². The Hall–Kier alpha value is -3.10. The van der Waals surface area contributed by atoms with E-state index in [1.807, 2.05) is 45.9 Å². The van der Waals surface area contributed by atoms with Crippen molar-refractivity contribution in [3.63, 3.8) is 0 Å². The number of rotatable bonds is 9. The largest absolute Gasteiger partial charge is 0.468 e. The zero-order valence-electron chi connectivity index (χ0n) is 22.8. The molecule has 0 aliphatic heterocycles. The molecule has 9 heteroatoms. The highest BCUT2D eigenvalue weighted by Crippen LogP contribution is 2.35. The quantitative estimate of drug-likeness (QED) is 0.498. The second-order valence-electron chi connectivity index (χ2n) is 10.7. The molecule has 0 aromatic heterocycles. The summed E-state index contributed by atoms with van der Waals surface area (Å²) in [5.41, 5.74) is 1.81. The fraction of sp³-hybridized carbons (Fsp3) is 0.630. The molecule has 0 bridgehead atoms. The van der Waals surface area contributed by atoms with Crippen LogP contribution in [0.15, 0.2) is 18.2 Å². The highest BCUT2D eigenvalue weighted by Gasteiger charge is 2.43. The van der Waals surface area contributed by atoms with Gasteiger partial charge in [0.2, 0.25) is 11.8 Å². The molecule has 1 aromatic carbocycles. The molecule has 1 aliphatic rings. The van der Waals surface area contributed by atoms with E-state index in [9.17, 15) is 19.2 Å². The van der Waals surface area contributed by atoms with Crippen molar-refractivity contribution < 1.29 is 28.7 Å². The van der Waals surface area contributed by atoms with Gasteiger partial charge in [-0.05, 0) is 76.5 Å². The first-order chi connectivity index (χ1) is 16.8. The van der Waals surface area contributed by atoms with Crippen molar-refractivity contribution in [2.24, 2.45) is 5.92 Å². The first-order valence-corrected chi connectivity index (χ1v) is 12.5. The lowest BCUT2D eigenvalue weighted by Gasteiger charge is -2.44. The average Bonchev–Trinajstić information content (AvgIpc) is 2.74. The topological polar surface area (TPSA) is 114 Å². The Balaban J connectivity index is 2.52. The molecule has 0 heterocycles. The number of amides is 3. The van der Waals surface area contributed by atoms with Gasteiger partial charge in [-0.25, -0.2) is 4.79 Å². The Morgan fingerprint density at radius 1 is 1.11 bits per heavy atom. The Morgan fingerprint density at radius 3 is 2.25 bits per heavy atom. The molecule has 2 unspecified atom stereocenters. The number of aryl methyl sites for hydroxylation is 1. The minimum Gasteiger partial charge on any atom is -0.468 e. The average molecular weight is 504 g/mol. The van der Waals surface area contributed by atoms with Crippen LogP contribution in [0, 0.1) is 19.8 Å². The molecular weight excluding hydrogens is 462 g/mol. The summed E-state index contributed by atoms with van der Waals surface area (Å²) >= 11 is 0. The van der Waals surface area contributed by atoms with E-state index in [0.717, 1.165) is 30.4 Å². The van der Waals surface area contributed by atoms with E-state index < -0.39 is 35.7 Å². The summed E-state index contributed by atoms with van der Waals surface area (Å²) in [5, 5.41) is 5.37. The molecule has 0 radical (unpaired) electrons. The van der Waals surface area contributed by atoms with Crippen molar-refractivity contribution in [2.75, 3.05) is 13.7 Å². The van der Waals surface area contributed by atoms with E-state index in [0.29, 0.717) is 5.56 Å². The van der Waals surface area contributed by atoms with Crippen LogP contribution in [0.1, 0.15) is 76.6 Å². The third kappa shape index (κ3) is 7.45. The number of carbonyl (C=O) groups excluding carboxylic acids is 4. The summed E-state index contributed by atoms with van der Waals surface area (Å²) in [6, 6.07) is 3.57. The zero-order chi connectivity index (χ0) is 27.2. The van der Waals surface area contributed by atoms with Crippen LogP contribution in [-0.2, 0) is 23.9 Å². The highest BCUT2D eigenvalue weighted by molar-refractivity contribution is 5.93. The van der Waals surface area contributed by atoms with E-state index in [1.165, 1.54) is 7.11 Å². The number of alkyl carbamates (subject to hydrolysis) is 1. The van der Waals surface area contributed by atoms with Crippen molar-refractivity contribution in [1.82, 2.24) is 15.5 Å². The van der Waals surface area contributed by atoms with Crippen LogP contribution in [-0.4, -0.2) is 60.1 Å². The maximum atomic E-state index is 14.1. The van der Waals surface area contributed by atoms with E-state index in [-0.39, 0.29) is 24.4 Å². The summed E-state index contributed by atoms with van der Waals surface area (Å²) in [6.07, 6.45) is 1.73. The van der Waals surface area contributed by atoms with E-state index in [2.05, 4.69) is 15.4 Å². The summed E-state index contributed by atoms with van der Waals surface area (Å²) < 4.78 is 10.1. The number of carbonyl (C=O) groups is 4. The van der Waals surface area contributed by atoms with Gasteiger partial charge >= 0.3 is 12.1 Å². The summed E-state index contributed by atoms with van der Waals surface area (Å²) in [7, 11) is 1.25. The molecule has 1 aromatic rings. The maximum absolute atomic E-state index is 14.1. The SMILES string of the molecule is COC(=O)CNC(=O)C(c1cccc(C)c1C)N(C(=O)C(NC(=O)OC(C)(C)C)C(C)C)C1CCC1. The van der Waals surface area contributed by atoms with E-state index in [1.54, 1.807) is 25.7 Å². The van der Waals surface area contributed by atoms with Gasteiger partial charge in [0.15, 0.2) is 0 Å². The standard InChI is InChI=1S/C27H41N3O6/c1-16(2)22(29-26(34)36-27(5,6)7)25(33)30(19-12-10-13-19)23(24(32)28-15-21(31)35-8)20-14-9-11-17(3)18(20)4/h9,11,14,16,19,22-23H,10,12-13,15H2,1-8H3,(H,28,32)(H,29,34). The fourth-order valence-corrected chi connectivity index (χ4v) is 4.11. The molecule has 9 nitrogen and oxygen atoms in total. The molecule has 1 fully saturated rings. The van der Waals surface area contributed by atoms with Crippen LogP contribution in [0.3, 0.4) is 0 Å². The second-order valence-corrected chi connectivity index (χ2v) is 10.7. The predicted molar refractivity (Wildman–Crippen MR) is 136 cm³/mol. The van der Waals surface area contributed by atoms with Gasteiger partial charge in [0.05, 0.1) is 7.11 Å². The number of methoxy groups -OCH3 is 1. The Labute approximate surface area is 214 Å². The van der Waals surface area contributed by atoms with Gasteiger partial charge in [-0.2, -0.15) is 0 Å². The van der Waals surface area contributed by atoms with Crippen molar-refractivity contribution in [3.8, 4) is 0 Å². The first-order valence-electron chi connectivity index (χ1n) is 12.5. The predicted octanol–water partition coefficient (Wildman–Crippen LogP) is 3.56. The Morgan fingerprint density at radius 2 is 1.75 bits per heavy atom. The lowest BCUT2D eigenvalue weighted by Crippen LogP contribution is -2.59. The normalized spacial score (nSPS) is 15.4. The van der Waals surface area contributed by atoms with Crippen molar-refractivity contribution in [3.05, 3.63) is 34.9 Å². The zero-order valence-corrected chi connectivity index (χ0v) is 22.8. The Bertz CT molecular complexity index is 965. The number of benzene rings is 1. The number of hydrogen-bond acceptors (Lipinski definition) is 6. The molecule has 200 valence electrons. The lowest BCUT2D eigenvalue weighted by molar-refractivity contribution is -0.149. The molecule has 2 N–H and O–H groups in total. The molecule has 0 spiro atoms. The van der Waals surface area contributed by atoms with Crippen molar-refractivity contribution in [1.29, 1.82) is 0 Å². The van der Waals surface area contributed by atoms with Crippen LogP contribution in [0.5, 0.6) is 0 Å².